The van der Waals surface area contributed by atoms with Gasteiger partial charge >= 0.3 is 380 Å². The molecular weight excluding hydrogens is 906 g/mol. The summed E-state index contributed by atoms with van der Waals surface area (Å²) in [7, 11) is 0. The van der Waals surface area contributed by atoms with E-state index >= 15 is 0 Å². The molecule has 9 aromatic carbocycles. The van der Waals surface area contributed by atoms with E-state index in [-0.39, 0.29) is 14.5 Å². The van der Waals surface area contributed by atoms with Crippen molar-refractivity contribution in [2.75, 3.05) is 0 Å². The molecule has 7 heteroatoms. The SMILES string of the molecule is c1cc[c]([Ge]([c]2ccccc2)([c]2cccc(-c3nc(-n4c5ccccc5c5ccccc54)nc(-n4c5ccccc5c5ccccc54)n3)c2)[c]2cccc3c2[se]c2ccccc23)cc1. The van der Waals surface area contributed by atoms with Gasteiger partial charge in [0.1, 0.15) is 0 Å². The summed E-state index contributed by atoms with van der Waals surface area (Å²) in [6.07, 6.45) is 0. The summed E-state index contributed by atoms with van der Waals surface area (Å²) in [5, 5.41) is 7.36. The molecule has 64 heavy (non-hydrogen) atoms. The zero-order chi connectivity index (χ0) is 42.2. The number of para-hydroxylation sites is 4. The van der Waals surface area contributed by atoms with Crippen LogP contribution in [0.15, 0.2) is 224 Å². The van der Waals surface area contributed by atoms with Gasteiger partial charge in [0.2, 0.25) is 0 Å². The number of rotatable bonds is 7. The molecule has 0 aliphatic rings. The van der Waals surface area contributed by atoms with E-state index in [0.29, 0.717) is 17.7 Å². The monoisotopic (exact) mass is 945 g/mol. The van der Waals surface area contributed by atoms with Crippen LogP contribution in [0.3, 0.4) is 0 Å². The first-order valence-corrected chi connectivity index (χ1v) is 27.5. The van der Waals surface area contributed by atoms with Crippen LogP contribution >= 0.6 is 0 Å². The fourth-order valence-electron chi connectivity index (χ4n) is 10.2. The first-order valence-electron chi connectivity index (χ1n) is 21.6. The second-order valence-electron chi connectivity index (χ2n) is 16.3. The standard InChI is InChI=1S/C57H37GeN5Se/c1-3-20-39(21-4-1)58(40-22-5-2-6-23-40,48-31-18-30-47-46-29-11-16-36-53(46)64-54(47)48)41-24-17-19-38(37-41)55-59-56(62-49-32-12-7-25-42(49)43-26-8-13-33-50(43)62)61-57(60-55)63-51-34-14-9-27-44(51)45-28-10-15-35-52(45)63/h1-37H. The number of fused-ring (bicyclic) bond motifs is 9. The van der Waals surface area contributed by atoms with Crippen molar-refractivity contribution < 1.29 is 0 Å². The molecule has 0 atom stereocenters. The molecule has 0 N–H and O–H groups in total. The zero-order valence-corrected chi connectivity index (χ0v) is 38.3. The molecule has 300 valence electrons. The molecule has 0 fully saturated rings. The first kappa shape index (κ1) is 37.2. The third-order valence-electron chi connectivity index (χ3n) is 12.9. The van der Waals surface area contributed by atoms with E-state index in [4.69, 9.17) is 15.0 Å². The molecule has 0 unspecified atom stereocenters. The van der Waals surface area contributed by atoms with E-state index in [1.807, 2.05) is 0 Å². The van der Waals surface area contributed by atoms with Crippen LogP contribution in [0.1, 0.15) is 0 Å². The Morgan fingerprint density at radius 2 is 0.766 bits per heavy atom. The minimum atomic E-state index is -3.82. The summed E-state index contributed by atoms with van der Waals surface area (Å²) in [6.45, 7) is 0. The van der Waals surface area contributed by atoms with Crippen molar-refractivity contribution in [1.82, 2.24) is 24.1 Å². The fraction of sp³-hybridized carbons (Fsp3) is 0. The topological polar surface area (TPSA) is 48.5 Å². The number of nitrogens with zero attached hydrogens (tertiary/aromatic N) is 5. The Labute approximate surface area is 377 Å². The van der Waals surface area contributed by atoms with E-state index in [2.05, 4.69) is 234 Å². The van der Waals surface area contributed by atoms with E-state index in [0.717, 1.165) is 49.2 Å². The van der Waals surface area contributed by atoms with Gasteiger partial charge in [-0.2, -0.15) is 0 Å². The van der Waals surface area contributed by atoms with Gasteiger partial charge in [0, 0.05) is 0 Å². The second kappa shape index (κ2) is 14.9. The summed E-state index contributed by atoms with van der Waals surface area (Å²) >= 11 is -3.66. The third-order valence-corrected chi connectivity index (χ3v) is 26.4. The Bertz CT molecular complexity index is 3650. The van der Waals surface area contributed by atoms with Crippen LogP contribution < -0.4 is 17.6 Å². The van der Waals surface area contributed by atoms with Crippen LogP contribution in [-0.4, -0.2) is 51.9 Å². The summed E-state index contributed by atoms with van der Waals surface area (Å²) < 4.78 is 12.9. The van der Waals surface area contributed by atoms with Gasteiger partial charge in [0.15, 0.2) is 0 Å². The van der Waals surface area contributed by atoms with Crippen LogP contribution in [0.4, 0.5) is 0 Å². The van der Waals surface area contributed by atoms with Gasteiger partial charge in [-0.3, -0.25) is 0 Å². The summed E-state index contributed by atoms with van der Waals surface area (Å²) in [5.74, 6) is 1.77. The van der Waals surface area contributed by atoms with Gasteiger partial charge in [-0.05, 0) is 0 Å². The van der Waals surface area contributed by atoms with Crippen LogP contribution in [0.5, 0.6) is 0 Å². The van der Waals surface area contributed by atoms with Gasteiger partial charge in [-0.1, -0.05) is 0 Å². The van der Waals surface area contributed by atoms with Crippen molar-refractivity contribution in [3.8, 4) is 23.3 Å². The maximum atomic E-state index is 5.49. The predicted molar refractivity (Wildman–Crippen MR) is 270 cm³/mol. The average Bonchev–Trinajstić information content (AvgIpc) is 4.03. The fourth-order valence-corrected chi connectivity index (χ4v) is 25.0. The normalized spacial score (nSPS) is 12.1. The summed E-state index contributed by atoms with van der Waals surface area (Å²) in [5.41, 5.74) is 5.14. The Morgan fingerprint density at radius 1 is 0.344 bits per heavy atom. The molecule has 0 bridgehead atoms. The molecule has 0 radical (unpaired) electrons. The Morgan fingerprint density at radius 3 is 1.30 bits per heavy atom. The van der Waals surface area contributed by atoms with E-state index in [1.165, 1.54) is 36.9 Å². The Kier molecular flexibility index (Phi) is 8.66. The molecule has 13 aromatic rings. The molecule has 13 rings (SSSR count). The number of benzene rings is 9. The van der Waals surface area contributed by atoms with Gasteiger partial charge in [0.25, 0.3) is 0 Å². The van der Waals surface area contributed by atoms with E-state index in [9.17, 15) is 0 Å². The molecule has 0 aliphatic heterocycles. The Hall–Kier alpha value is -7.35. The molecule has 0 amide bonds. The van der Waals surface area contributed by atoms with Crippen LogP contribution in [0.25, 0.3) is 86.2 Å². The van der Waals surface area contributed by atoms with Crippen molar-refractivity contribution in [1.29, 1.82) is 0 Å². The van der Waals surface area contributed by atoms with Crippen LogP contribution in [0, 0.1) is 0 Å². The van der Waals surface area contributed by atoms with Crippen molar-refractivity contribution in [3.05, 3.63) is 224 Å². The van der Waals surface area contributed by atoms with Gasteiger partial charge in [0.05, 0.1) is 0 Å². The first-order chi connectivity index (χ1) is 31.8. The molecule has 5 nitrogen and oxygen atoms in total. The van der Waals surface area contributed by atoms with Gasteiger partial charge in [-0.25, -0.2) is 0 Å². The average molecular weight is 944 g/mol. The number of aromatic nitrogens is 5. The van der Waals surface area contributed by atoms with Gasteiger partial charge in [-0.15, -0.1) is 0 Å². The number of hydrogen-bond acceptors (Lipinski definition) is 3. The molecule has 4 aromatic heterocycles. The molecular formula is C57H37GeN5Se. The van der Waals surface area contributed by atoms with Crippen LogP contribution in [-0.2, 0) is 0 Å². The van der Waals surface area contributed by atoms with Crippen molar-refractivity contribution in [3.63, 3.8) is 0 Å². The zero-order valence-electron chi connectivity index (χ0n) is 34.5. The molecule has 0 saturated heterocycles. The molecule has 0 spiro atoms. The third kappa shape index (κ3) is 5.60. The van der Waals surface area contributed by atoms with Crippen molar-refractivity contribution in [2.45, 2.75) is 0 Å². The Balaban J connectivity index is 1.13. The van der Waals surface area contributed by atoms with Crippen molar-refractivity contribution >= 4 is 108 Å². The van der Waals surface area contributed by atoms with E-state index in [1.54, 1.807) is 0 Å². The molecule has 4 heterocycles. The summed E-state index contributed by atoms with van der Waals surface area (Å²) in [4.78, 5) is 16.4. The number of hydrogen-bond donors (Lipinski definition) is 0. The second-order valence-corrected chi connectivity index (χ2v) is 26.5. The minimum absolute atomic E-state index is 0.156. The summed E-state index contributed by atoms with van der Waals surface area (Å²) in [6, 6.07) is 82.1. The van der Waals surface area contributed by atoms with Crippen LogP contribution in [0.2, 0.25) is 0 Å². The maximum absolute atomic E-state index is 5.49. The van der Waals surface area contributed by atoms with Gasteiger partial charge < -0.3 is 0 Å². The van der Waals surface area contributed by atoms with Crippen molar-refractivity contribution in [2.24, 2.45) is 0 Å². The predicted octanol–water partition coefficient (Wildman–Crippen LogP) is 10.5. The molecule has 0 saturated carbocycles. The quantitative estimate of drug-likeness (QED) is 0.150. The molecule has 0 aliphatic carbocycles. The van der Waals surface area contributed by atoms with E-state index < -0.39 is 13.3 Å².